The van der Waals surface area contributed by atoms with Gasteiger partial charge in [0, 0.05) is 23.7 Å². The van der Waals surface area contributed by atoms with E-state index in [0.717, 1.165) is 17.7 Å². The van der Waals surface area contributed by atoms with Gasteiger partial charge in [-0.1, -0.05) is 68.8 Å². The number of halogens is 2. The minimum absolute atomic E-state index is 0. The molecule has 0 amide bonds. The number of anilines is 2. The predicted octanol–water partition coefficient (Wildman–Crippen LogP) is 0.793. The molecule has 0 aliphatic heterocycles. The summed E-state index contributed by atoms with van der Waals surface area (Å²) in [6.07, 6.45) is 0. The minimum Gasteiger partial charge on any atom is -1.00 e. The number of hydrogen-bond donors (Lipinski definition) is 3. The van der Waals surface area contributed by atoms with Crippen molar-refractivity contribution in [3.8, 4) is 11.4 Å². The van der Waals surface area contributed by atoms with Crippen LogP contribution in [0.15, 0.2) is 48.5 Å². The quantitative estimate of drug-likeness (QED) is 0.278. The van der Waals surface area contributed by atoms with Gasteiger partial charge in [0.15, 0.2) is 5.82 Å². The molecule has 1 heterocycles. The van der Waals surface area contributed by atoms with E-state index in [2.05, 4.69) is 76.4 Å². The zero-order chi connectivity index (χ0) is 25.1. The highest BCUT2D eigenvalue weighted by atomic mass is 35.5. The van der Waals surface area contributed by atoms with E-state index in [9.17, 15) is 0 Å². The van der Waals surface area contributed by atoms with E-state index in [1.54, 1.807) is 0 Å². The van der Waals surface area contributed by atoms with Crippen LogP contribution < -0.4 is 28.8 Å². The van der Waals surface area contributed by atoms with Crippen molar-refractivity contribution in [1.29, 1.82) is 0 Å². The van der Waals surface area contributed by atoms with Gasteiger partial charge in [0.25, 0.3) is 0 Å². The van der Waals surface area contributed by atoms with Crippen LogP contribution in [0, 0.1) is 0 Å². The molecule has 0 fully saturated rings. The van der Waals surface area contributed by atoms with E-state index in [1.165, 1.54) is 5.56 Å². The van der Waals surface area contributed by atoms with Crippen molar-refractivity contribution in [2.45, 2.75) is 32.7 Å². The van der Waals surface area contributed by atoms with Crippen LogP contribution in [0.3, 0.4) is 0 Å². The third-order valence-electron chi connectivity index (χ3n) is 5.20. The highest BCUT2D eigenvalue weighted by Gasteiger charge is 2.14. The Kier molecular flexibility index (Phi) is 12.3. The molecule has 0 saturated heterocycles. The molecular weight excluding hydrogens is 499 g/mol. The summed E-state index contributed by atoms with van der Waals surface area (Å²) < 4.78 is 11.0. The van der Waals surface area contributed by atoms with Crippen molar-refractivity contribution in [2.75, 3.05) is 50.2 Å². The van der Waals surface area contributed by atoms with Gasteiger partial charge < -0.3 is 38.2 Å². The lowest BCUT2D eigenvalue weighted by molar-refractivity contribution is -0.374. The Balaban J connectivity index is 0.00000456. The van der Waals surface area contributed by atoms with Crippen molar-refractivity contribution >= 4 is 23.5 Å². The number of aromatic nitrogens is 3. The van der Waals surface area contributed by atoms with Crippen LogP contribution in [-0.4, -0.2) is 54.5 Å². The molecule has 0 radical (unpaired) electrons. The summed E-state index contributed by atoms with van der Waals surface area (Å²) in [5.74, 6) is 1.59. The van der Waals surface area contributed by atoms with E-state index in [-0.39, 0.29) is 17.8 Å². The lowest BCUT2D eigenvalue weighted by Gasteiger charge is -2.19. The first-order valence-electron chi connectivity index (χ1n) is 11.9. The zero-order valence-electron chi connectivity index (χ0n) is 21.2. The van der Waals surface area contributed by atoms with Gasteiger partial charge in [0.2, 0.25) is 11.9 Å². The standard InChI is InChI=1S/C26H35ClN6O2.ClH/c1-26(2,3)21-8-6-20(7-9-21)23-31-24(29-13-15-35-17-16-34-14-12-28)33-25(32-23)30-18-19-4-10-22(27)11-5-19;/h4-11H,12-18,28H2,1-3H3,(H2,29,30,31,32,33);1H. The van der Waals surface area contributed by atoms with E-state index in [4.69, 9.17) is 21.1 Å². The van der Waals surface area contributed by atoms with Gasteiger partial charge in [-0.05, 0) is 28.7 Å². The predicted molar refractivity (Wildman–Crippen MR) is 141 cm³/mol. The molecule has 3 aromatic rings. The minimum atomic E-state index is 0. The number of nitrogens with zero attached hydrogens (tertiary/aromatic N) is 3. The van der Waals surface area contributed by atoms with Gasteiger partial charge in [0.05, 0.1) is 33.0 Å². The lowest BCUT2D eigenvalue weighted by atomic mass is 9.87. The molecule has 196 valence electrons. The van der Waals surface area contributed by atoms with Crippen LogP contribution in [0.1, 0.15) is 31.9 Å². The summed E-state index contributed by atoms with van der Waals surface area (Å²) in [6.45, 7) is 10.8. The van der Waals surface area contributed by atoms with Crippen LogP contribution in [0.5, 0.6) is 0 Å². The second kappa shape index (κ2) is 14.9. The summed E-state index contributed by atoms with van der Waals surface area (Å²) >= 11 is 6.00. The number of rotatable bonds is 13. The van der Waals surface area contributed by atoms with Crippen LogP contribution in [-0.2, 0) is 21.4 Å². The molecular formula is C26H36Cl2N6O2. The van der Waals surface area contributed by atoms with E-state index >= 15 is 0 Å². The second-order valence-corrected chi connectivity index (χ2v) is 9.56. The molecule has 0 bridgehead atoms. The first-order chi connectivity index (χ1) is 16.8. The van der Waals surface area contributed by atoms with Crippen molar-refractivity contribution in [2.24, 2.45) is 0 Å². The molecule has 2 aromatic carbocycles. The van der Waals surface area contributed by atoms with Gasteiger partial charge in [-0.15, -0.1) is 0 Å². The average Bonchev–Trinajstić information content (AvgIpc) is 2.85. The number of ether oxygens (including phenoxy) is 2. The molecule has 0 aliphatic carbocycles. The normalized spacial score (nSPS) is 11.1. The number of nitrogens with one attached hydrogen (secondary N) is 2. The SMILES string of the molecule is CC(C)(C)c1ccc(-c2nc(NCCOCCOCC[NH3+])nc(NCc3ccc(Cl)cc3)n2)cc1.[Cl-]. The largest absolute Gasteiger partial charge is 1.00 e. The van der Waals surface area contributed by atoms with Crippen LogP contribution in [0.25, 0.3) is 11.4 Å². The monoisotopic (exact) mass is 534 g/mol. The fraction of sp³-hybridized carbons (Fsp3) is 0.423. The Hall–Kier alpha value is -2.49. The molecule has 10 heteroatoms. The molecule has 5 N–H and O–H groups in total. The molecule has 3 rings (SSSR count). The van der Waals surface area contributed by atoms with Gasteiger partial charge in [-0.25, -0.2) is 0 Å². The Morgan fingerprint density at radius 1 is 0.806 bits per heavy atom. The highest BCUT2D eigenvalue weighted by Crippen LogP contribution is 2.25. The third kappa shape index (κ3) is 9.87. The molecule has 0 atom stereocenters. The van der Waals surface area contributed by atoms with Crippen molar-refractivity contribution in [3.63, 3.8) is 0 Å². The smallest absolute Gasteiger partial charge is 0.228 e. The number of quaternary nitrogens is 1. The Labute approximate surface area is 224 Å². The topological polar surface area (TPSA) is 109 Å². The maximum absolute atomic E-state index is 6.00. The van der Waals surface area contributed by atoms with Gasteiger partial charge >= 0.3 is 0 Å². The van der Waals surface area contributed by atoms with Gasteiger partial charge in [-0.3, -0.25) is 0 Å². The summed E-state index contributed by atoms with van der Waals surface area (Å²) in [6, 6.07) is 16.0. The molecule has 0 saturated carbocycles. The molecule has 1 aromatic heterocycles. The van der Waals surface area contributed by atoms with E-state index in [1.807, 2.05) is 24.3 Å². The van der Waals surface area contributed by atoms with Crippen LogP contribution in [0.4, 0.5) is 11.9 Å². The molecule has 36 heavy (non-hydrogen) atoms. The molecule has 8 nitrogen and oxygen atoms in total. The highest BCUT2D eigenvalue weighted by molar-refractivity contribution is 6.30. The molecule has 0 unspecified atom stereocenters. The average molecular weight is 536 g/mol. The molecule has 0 aliphatic rings. The van der Waals surface area contributed by atoms with Crippen molar-refractivity contribution in [3.05, 3.63) is 64.7 Å². The Morgan fingerprint density at radius 2 is 1.42 bits per heavy atom. The maximum Gasteiger partial charge on any atom is 0.228 e. The van der Waals surface area contributed by atoms with Gasteiger partial charge in [-0.2, -0.15) is 15.0 Å². The Bertz CT molecular complexity index is 1040. The second-order valence-electron chi connectivity index (χ2n) is 9.12. The lowest BCUT2D eigenvalue weighted by Crippen LogP contribution is -3.00. The number of hydrogen-bond acceptors (Lipinski definition) is 7. The van der Waals surface area contributed by atoms with Crippen LogP contribution in [0.2, 0.25) is 5.02 Å². The third-order valence-corrected chi connectivity index (χ3v) is 5.45. The Morgan fingerprint density at radius 3 is 2.03 bits per heavy atom. The maximum atomic E-state index is 6.00. The summed E-state index contributed by atoms with van der Waals surface area (Å²) in [5.41, 5.74) is 7.09. The van der Waals surface area contributed by atoms with Crippen molar-refractivity contribution < 1.29 is 27.6 Å². The fourth-order valence-corrected chi connectivity index (χ4v) is 3.35. The number of benzene rings is 2. The van der Waals surface area contributed by atoms with E-state index < -0.39 is 0 Å². The van der Waals surface area contributed by atoms with Crippen LogP contribution >= 0.6 is 11.6 Å². The first-order valence-corrected chi connectivity index (χ1v) is 12.3. The summed E-state index contributed by atoms with van der Waals surface area (Å²) in [7, 11) is 0. The van der Waals surface area contributed by atoms with Gasteiger partial charge in [0.1, 0.15) is 0 Å². The summed E-state index contributed by atoms with van der Waals surface area (Å²) in [4.78, 5) is 13.9. The van der Waals surface area contributed by atoms with E-state index in [0.29, 0.717) is 62.3 Å². The molecule has 0 spiro atoms. The zero-order valence-corrected chi connectivity index (χ0v) is 22.7. The fourth-order valence-electron chi connectivity index (χ4n) is 3.22. The summed E-state index contributed by atoms with van der Waals surface area (Å²) in [5, 5.41) is 7.25. The van der Waals surface area contributed by atoms with Crippen molar-refractivity contribution in [1.82, 2.24) is 15.0 Å². The first kappa shape index (κ1) is 29.7.